The molecule has 0 fully saturated rings. The van der Waals surface area contributed by atoms with E-state index in [4.69, 9.17) is 19.2 Å². The standard InChI is InChI=1S/C29H37N4O4S/c1-5-37-29-31-28(33(32-29)20-36-16-17-38(3)4)24-12-10-22(11-13-24)25-14-15-26(30-19-25)23-8-6-21(7-9-23)18-27(34)35-2/h8,10-15,19,21H,5-7,9,16-18,20H2,1-4H3/q+1. The molecule has 3 aromatic rings. The second-order valence-corrected chi connectivity index (χ2v) is 11.9. The zero-order chi connectivity index (χ0) is 26.9. The van der Waals surface area contributed by atoms with E-state index in [0.717, 1.165) is 53.2 Å². The summed E-state index contributed by atoms with van der Waals surface area (Å²) in [5.41, 5.74) is 5.31. The number of esters is 1. The molecule has 1 unspecified atom stereocenters. The maximum absolute atomic E-state index is 11.5. The van der Waals surface area contributed by atoms with Gasteiger partial charge in [0.1, 0.15) is 12.5 Å². The smallest absolute Gasteiger partial charge is 0.336 e. The van der Waals surface area contributed by atoms with E-state index in [2.05, 4.69) is 52.9 Å². The first kappa shape index (κ1) is 27.9. The lowest BCUT2D eigenvalue weighted by molar-refractivity contribution is -0.141. The fourth-order valence-corrected chi connectivity index (χ4v) is 4.83. The molecule has 202 valence electrons. The third-order valence-corrected chi connectivity index (χ3v) is 7.53. The van der Waals surface area contributed by atoms with Crippen molar-refractivity contribution >= 4 is 22.4 Å². The second-order valence-electron chi connectivity index (χ2n) is 9.54. The molecule has 4 rings (SSSR count). The summed E-state index contributed by atoms with van der Waals surface area (Å²) in [4.78, 5) is 20.9. The van der Waals surface area contributed by atoms with E-state index in [1.165, 1.54) is 12.7 Å². The van der Waals surface area contributed by atoms with Crippen LogP contribution in [0.25, 0.3) is 28.1 Å². The minimum Gasteiger partial charge on any atom is -0.469 e. The number of allylic oxidation sites excluding steroid dienone is 2. The van der Waals surface area contributed by atoms with Crippen LogP contribution in [0, 0.1) is 5.92 Å². The molecule has 0 bridgehead atoms. The molecule has 0 saturated carbocycles. The van der Waals surface area contributed by atoms with Gasteiger partial charge >= 0.3 is 12.0 Å². The molecule has 1 atom stereocenters. The molecule has 8 nitrogen and oxygen atoms in total. The van der Waals surface area contributed by atoms with Gasteiger partial charge < -0.3 is 14.2 Å². The highest BCUT2D eigenvalue weighted by molar-refractivity contribution is 7.95. The van der Waals surface area contributed by atoms with Crippen molar-refractivity contribution in [2.45, 2.75) is 39.3 Å². The van der Waals surface area contributed by atoms with Crippen LogP contribution >= 0.6 is 0 Å². The van der Waals surface area contributed by atoms with Crippen LogP contribution in [-0.2, 0) is 31.9 Å². The number of methoxy groups -OCH3 is 1. The van der Waals surface area contributed by atoms with Gasteiger partial charge in [0.05, 0.1) is 38.5 Å². The van der Waals surface area contributed by atoms with Gasteiger partial charge in [-0.15, -0.1) is 5.10 Å². The van der Waals surface area contributed by atoms with Gasteiger partial charge in [-0.3, -0.25) is 9.78 Å². The van der Waals surface area contributed by atoms with E-state index >= 15 is 0 Å². The molecule has 9 heteroatoms. The Balaban J connectivity index is 1.43. The molecular formula is C29H37N4O4S+. The van der Waals surface area contributed by atoms with Gasteiger partial charge in [0, 0.05) is 23.7 Å². The molecule has 0 spiro atoms. The Kier molecular flexibility index (Phi) is 9.95. The molecule has 0 amide bonds. The Bertz CT molecular complexity index is 1220. The van der Waals surface area contributed by atoms with Crippen molar-refractivity contribution in [2.75, 3.05) is 38.6 Å². The molecule has 0 aliphatic heterocycles. The largest absolute Gasteiger partial charge is 0.469 e. The number of pyridine rings is 1. The van der Waals surface area contributed by atoms with Gasteiger partial charge in [0.2, 0.25) is 0 Å². The molecule has 38 heavy (non-hydrogen) atoms. The summed E-state index contributed by atoms with van der Waals surface area (Å²) < 4.78 is 18.0. The van der Waals surface area contributed by atoms with Crippen LogP contribution in [0.4, 0.5) is 0 Å². The summed E-state index contributed by atoms with van der Waals surface area (Å²) in [6.45, 7) is 3.44. The van der Waals surface area contributed by atoms with Gasteiger partial charge in [-0.2, -0.15) is 4.98 Å². The van der Waals surface area contributed by atoms with Crippen molar-refractivity contribution in [2.24, 2.45) is 5.92 Å². The summed E-state index contributed by atoms with van der Waals surface area (Å²) in [5.74, 6) is 1.96. The van der Waals surface area contributed by atoms with Gasteiger partial charge in [0.25, 0.3) is 0 Å². The predicted octanol–water partition coefficient (Wildman–Crippen LogP) is 5.00. The topological polar surface area (TPSA) is 88.4 Å². The number of benzene rings is 1. The average Bonchev–Trinajstić information content (AvgIpc) is 3.34. The second kappa shape index (κ2) is 13.6. The minimum absolute atomic E-state index is 0.134. The molecular weight excluding hydrogens is 500 g/mol. The van der Waals surface area contributed by atoms with E-state index in [1.807, 2.05) is 25.3 Å². The van der Waals surface area contributed by atoms with Crippen LogP contribution in [0.5, 0.6) is 6.01 Å². The monoisotopic (exact) mass is 537 g/mol. The Morgan fingerprint density at radius 2 is 1.87 bits per heavy atom. The predicted molar refractivity (Wildman–Crippen MR) is 152 cm³/mol. The lowest BCUT2D eigenvalue weighted by atomic mass is 9.86. The summed E-state index contributed by atoms with van der Waals surface area (Å²) in [7, 11) is 1.79. The fourth-order valence-electron chi connectivity index (χ4n) is 4.38. The molecule has 2 aromatic heterocycles. The third kappa shape index (κ3) is 7.45. The van der Waals surface area contributed by atoms with Crippen molar-refractivity contribution in [3.05, 3.63) is 54.4 Å². The Labute approximate surface area is 227 Å². The summed E-state index contributed by atoms with van der Waals surface area (Å²) >= 11 is 0. The van der Waals surface area contributed by atoms with Crippen LogP contribution in [0.15, 0.2) is 48.7 Å². The number of hydrogen-bond donors (Lipinski definition) is 0. The third-order valence-electron chi connectivity index (χ3n) is 6.55. The molecule has 1 aromatic carbocycles. The first-order valence-electron chi connectivity index (χ1n) is 13.0. The zero-order valence-corrected chi connectivity index (χ0v) is 23.5. The first-order chi connectivity index (χ1) is 18.5. The van der Waals surface area contributed by atoms with E-state index in [9.17, 15) is 4.79 Å². The van der Waals surface area contributed by atoms with Gasteiger partial charge in [-0.05, 0) is 60.2 Å². The Morgan fingerprint density at radius 3 is 2.50 bits per heavy atom. The van der Waals surface area contributed by atoms with Gasteiger partial charge in [-0.25, -0.2) is 4.68 Å². The number of carbonyl (C=O) groups is 1. The zero-order valence-electron chi connectivity index (χ0n) is 22.7. The van der Waals surface area contributed by atoms with E-state index in [0.29, 0.717) is 49.2 Å². The average molecular weight is 538 g/mol. The molecule has 2 heterocycles. The van der Waals surface area contributed by atoms with Gasteiger partial charge in [-0.1, -0.05) is 36.4 Å². The maximum Gasteiger partial charge on any atom is 0.336 e. The van der Waals surface area contributed by atoms with Gasteiger partial charge in [0.15, 0.2) is 5.82 Å². The molecule has 0 N–H and O–H groups in total. The highest BCUT2D eigenvalue weighted by atomic mass is 32.2. The van der Waals surface area contributed by atoms with Crippen molar-refractivity contribution in [1.29, 1.82) is 0 Å². The van der Waals surface area contributed by atoms with E-state index < -0.39 is 0 Å². The normalized spacial score (nSPS) is 15.4. The van der Waals surface area contributed by atoms with Crippen LogP contribution < -0.4 is 4.74 Å². The number of ether oxygens (including phenoxy) is 3. The Morgan fingerprint density at radius 1 is 1.11 bits per heavy atom. The summed E-state index contributed by atoms with van der Waals surface area (Å²) in [6.07, 6.45) is 11.8. The summed E-state index contributed by atoms with van der Waals surface area (Å²) in [6, 6.07) is 12.8. The highest BCUT2D eigenvalue weighted by Gasteiger charge is 2.19. The van der Waals surface area contributed by atoms with Crippen molar-refractivity contribution < 1.29 is 19.0 Å². The van der Waals surface area contributed by atoms with E-state index in [1.54, 1.807) is 4.68 Å². The molecule has 1 aliphatic carbocycles. The lowest BCUT2D eigenvalue weighted by Gasteiger charge is -2.20. The summed E-state index contributed by atoms with van der Waals surface area (Å²) in [5, 5.41) is 4.47. The number of carbonyl (C=O) groups excluding carboxylic acids is 1. The minimum atomic E-state index is -0.134. The SMILES string of the molecule is CCOc1nc(-c2ccc(-c3ccc(C4=CCC(CC(=O)OC)CC4)nc3)cc2)n(COCC[S+](C)C)n1. The van der Waals surface area contributed by atoms with Crippen LogP contribution in [0.2, 0.25) is 0 Å². The quantitative estimate of drug-likeness (QED) is 0.182. The fraction of sp³-hybridized carbons (Fsp3) is 0.448. The van der Waals surface area contributed by atoms with Crippen LogP contribution in [-0.4, -0.2) is 64.3 Å². The van der Waals surface area contributed by atoms with Crippen LogP contribution in [0.1, 0.15) is 38.3 Å². The number of nitrogens with zero attached hydrogens (tertiary/aromatic N) is 4. The highest BCUT2D eigenvalue weighted by Crippen LogP contribution is 2.32. The molecule has 1 aliphatic rings. The van der Waals surface area contributed by atoms with Crippen molar-refractivity contribution in [3.8, 4) is 28.5 Å². The number of aromatic nitrogens is 4. The van der Waals surface area contributed by atoms with E-state index in [-0.39, 0.29) is 5.97 Å². The lowest BCUT2D eigenvalue weighted by Crippen LogP contribution is -2.13. The first-order valence-corrected chi connectivity index (χ1v) is 15.2. The Hall–Kier alpha value is -3.17. The molecule has 0 radical (unpaired) electrons. The molecule has 0 saturated heterocycles. The maximum atomic E-state index is 11.5. The number of hydrogen-bond acceptors (Lipinski definition) is 7. The number of rotatable bonds is 12. The van der Waals surface area contributed by atoms with Crippen molar-refractivity contribution in [1.82, 2.24) is 19.7 Å². The van der Waals surface area contributed by atoms with Crippen LogP contribution in [0.3, 0.4) is 0 Å². The van der Waals surface area contributed by atoms with Crippen molar-refractivity contribution in [3.63, 3.8) is 0 Å².